The van der Waals surface area contributed by atoms with Gasteiger partial charge < -0.3 is 0 Å². The van der Waals surface area contributed by atoms with Gasteiger partial charge >= 0.3 is 0 Å². The Hall–Kier alpha value is -0.490. The maximum atomic E-state index is 10.5. The van der Waals surface area contributed by atoms with Crippen LogP contribution in [0.5, 0.6) is 0 Å². The molecule has 0 radical (unpaired) electrons. The van der Waals surface area contributed by atoms with Crippen molar-refractivity contribution in [3.63, 3.8) is 0 Å². The molecule has 0 spiro atoms. The molecule has 0 fully saturated rings. The first-order valence-corrected chi connectivity index (χ1v) is 5.62. The van der Waals surface area contributed by atoms with E-state index >= 15 is 0 Å². The summed E-state index contributed by atoms with van der Waals surface area (Å²) in [5, 5.41) is 8.17. The molecule has 0 rings (SSSR count). The fraction of sp³-hybridized carbons (Fsp3) is 0.778. The molecular weight excluding hydrogens is 170 g/mol. The van der Waals surface area contributed by atoms with E-state index in [9.17, 15) is 4.79 Å². The SMILES string of the molecule is CSCCCCCCC(=O)C#N. The molecule has 68 valence electrons. The van der Waals surface area contributed by atoms with E-state index in [4.69, 9.17) is 5.26 Å². The molecule has 0 unspecified atom stereocenters. The molecular formula is C9H15NOS. The van der Waals surface area contributed by atoms with E-state index in [0.29, 0.717) is 6.42 Å². The highest BCUT2D eigenvalue weighted by molar-refractivity contribution is 7.98. The summed E-state index contributed by atoms with van der Waals surface area (Å²) in [7, 11) is 0. The first kappa shape index (κ1) is 11.5. The highest BCUT2D eigenvalue weighted by Gasteiger charge is 1.97. The van der Waals surface area contributed by atoms with Crippen molar-refractivity contribution in [1.82, 2.24) is 0 Å². The van der Waals surface area contributed by atoms with Crippen molar-refractivity contribution < 1.29 is 4.79 Å². The van der Waals surface area contributed by atoms with Gasteiger partial charge in [-0.3, -0.25) is 4.79 Å². The van der Waals surface area contributed by atoms with E-state index in [1.54, 1.807) is 6.07 Å². The molecule has 0 atom stereocenters. The van der Waals surface area contributed by atoms with Gasteiger partial charge in [-0.2, -0.15) is 17.0 Å². The van der Waals surface area contributed by atoms with Crippen LogP contribution in [0, 0.1) is 11.3 Å². The number of hydrogen-bond donors (Lipinski definition) is 0. The highest BCUT2D eigenvalue weighted by Crippen LogP contribution is 2.06. The lowest BCUT2D eigenvalue weighted by molar-refractivity contribution is -0.114. The van der Waals surface area contributed by atoms with Crippen molar-refractivity contribution >= 4 is 17.5 Å². The molecule has 0 saturated carbocycles. The van der Waals surface area contributed by atoms with Crippen LogP contribution < -0.4 is 0 Å². The molecule has 12 heavy (non-hydrogen) atoms. The lowest BCUT2D eigenvalue weighted by atomic mass is 10.1. The number of carbonyl (C=O) groups is 1. The predicted molar refractivity (Wildman–Crippen MR) is 52.1 cm³/mol. The van der Waals surface area contributed by atoms with Crippen LogP contribution >= 0.6 is 11.8 Å². The lowest BCUT2D eigenvalue weighted by Crippen LogP contribution is -1.92. The minimum Gasteiger partial charge on any atom is -0.283 e. The number of rotatable bonds is 7. The lowest BCUT2D eigenvalue weighted by Gasteiger charge is -1.96. The van der Waals surface area contributed by atoms with Crippen LogP contribution in [-0.4, -0.2) is 17.8 Å². The van der Waals surface area contributed by atoms with Crippen LogP contribution in [0.2, 0.25) is 0 Å². The molecule has 0 aliphatic heterocycles. The first-order valence-electron chi connectivity index (χ1n) is 4.23. The van der Waals surface area contributed by atoms with Crippen molar-refractivity contribution in [3.05, 3.63) is 0 Å². The fourth-order valence-electron chi connectivity index (χ4n) is 0.941. The Kier molecular flexibility index (Phi) is 8.25. The number of Topliss-reactive ketones (excluding diaryl/α,β-unsaturated/α-hetero) is 1. The Morgan fingerprint density at radius 3 is 2.58 bits per heavy atom. The molecule has 0 aliphatic rings. The summed E-state index contributed by atoms with van der Waals surface area (Å²) in [5.74, 6) is 0.923. The van der Waals surface area contributed by atoms with E-state index in [0.717, 1.165) is 12.8 Å². The van der Waals surface area contributed by atoms with Crippen molar-refractivity contribution in [3.8, 4) is 6.07 Å². The van der Waals surface area contributed by atoms with E-state index in [-0.39, 0.29) is 5.78 Å². The number of unbranched alkanes of at least 4 members (excludes halogenated alkanes) is 3. The smallest absolute Gasteiger partial charge is 0.231 e. The number of hydrogen-bond acceptors (Lipinski definition) is 3. The Bertz CT molecular complexity index is 162. The minimum atomic E-state index is -0.278. The molecule has 0 N–H and O–H groups in total. The first-order chi connectivity index (χ1) is 5.81. The molecule has 0 amide bonds. The van der Waals surface area contributed by atoms with E-state index in [2.05, 4.69) is 6.26 Å². The second-order valence-electron chi connectivity index (χ2n) is 2.69. The van der Waals surface area contributed by atoms with Crippen LogP contribution in [0.4, 0.5) is 0 Å². The Morgan fingerprint density at radius 2 is 2.00 bits per heavy atom. The van der Waals surface area contributed by atoms with Gasteiger partial charge in [0, 0.05) is 6.42 Å². The third-order valence-corrected chi connectivity index (χ3v) is 2.32. The quantitative estimate of drug-likeness (QED) is 0.451. The zero-order valence-electron chi connectivity index (χ0n) is 7.51. The Morgan fingerprint density at radius 1 is 1.33 bits per heavy atom. The average molecular weight is 185 g/mol. The van der Waals surface area contributed by atoms with Crippen LogP contribution in [0.1, 0.15) is 32.1 Å². The van der Waals surface area contributed by atoms with Crippen molar-refractivity contribution in [2.45, 2.75) is 32.1 Å². The zero-order valence-corrected chi connectivity index (χ0v) is 8.32. The number of ketones is 1. The summed E-state index contributed by atoms with van der Waals surface area (Å²) >= 11 is 1.85. The van der Waals surface area contributed by atoms with Gasteiger partial charge in [0.1, 0.15) is 6.07 Å². The van der Waals surface area contributed by atoms with Crippen LogP contribution in [0.25, 0.3) is 0 Å². The van der Waals surface area contributed by atoms with E-state index in [1.165, 1.54) is 18.6 Å². The maximum Gasteiger partial charge on any atom is 0.231 e. The van der Waals surface area contributed by atoms with Gasteiger partial charge in [0.15, 0.2) is 0 Å². The molecule has 0 aromatic heterocycles. The summed E-state index contributed by atoms with van der Waals surface area (Å²) in [4.78, 5) is 10.5. The number of carbonyl (C=O) groups excluding carboxylic acids is 1. The van der Waals surface area contributed by atoms with Crippen LogP contribution in [-0.2, 0) is 4.79 Å². The molecule has 0 aromatic rings. The summed E-state index contributed by atoms with van der Waals surface area (Å²) in [6.07, 6.45) is 6.89. The summed E-state index contributed by atoms with van der Waals surface area (Å²) < 4.78 is 0. The second-order valence-corrected chi connectivity index (χ2v) is 3.68. The molecule has 0 saturated heterocycles. The van der Waals surface area contributed by atoms with Gasteiger partial charge in [-0.05, 0) is 24.9 Å². The van der Waals surface area contributed by atoms with E-state index in [1.807, 2.05) is 11.8 Å². The molecule has 0 aliphatic carbocycles. The van der Waals surface area contributed by atoms with Gasteiger partial charge in [-0.15, -0.1) is 0 Å². The molecule has 2 nitrogen and oxygen atoms in total. The van der Waals surface area contributed by atoms with Gasteiger partial charge in [-0.1, -0.05) is 12.8 Å². The highest BCUT2D eigenvalue weighted by atomic mass is 32.2. The Balaban J connectivity index is 3.02. The summed E-state index contributed by atoms with van der Waals surface area (Å²) in [5.41, 5.74) is 0. The third kappa shape index (κ3) is 7.62. The zero-order chi connectivity index (χ0) is 9.23. The fourth-order valence-corrected chi connectivity index (χ4v) is 1.43. The summed E-state index contributed by atoms with van der Waals surface area (Å²) in [6.45, 7) is 0. The van der Waals surface area contributed by atoms with Crippen molar-refractivity contribution in [1.29, 1.82) is 5.26 Å². The van der Waals surface area contributed by atoms with Crippen molar-refractivity contribution in [2.75, 3.05) is 12.0 Å². The number of nitrogens with zero attached hydrogens (tertiary/aromatic N) is 1. The van der Waals surface area contributed by atoms with E-state index < -0.39 is 0 Å². The predicted octanol–water partition coefficient (Wildman–Crippen LogP) is 2.39. The molecule has 0 heterocycles. The molecule has 3 heteroatoms. The minimum absolute atomic E-state index is 0.278. The normalized spacial score (nSPS) is 9.33. The Labute approximate surface area is 78.3 Å². The third-order valence-electron chi connectivity index (χ3n) is 1.63. The van der Waals surface area contributed by atoms with Gasteiger partial charge in [0.05, 0.1) is 0 Å². The van der Waals surface area contributed by atoms with Gasteiger partial charge in [0.25, 0.3) is 0 Å². The molecule has 0 bridgehead atoms. The number of nitriles is 1. The largest absolute Gasteiger partial charge is 0.283 e. The van der Waals surface area contributed by atoms with Crippen LogP contribution in [0.15, 0.2) is 0 Å². The molecule has 0 aromatic carbocycles. The average Bonchev–Trinajstić information content (AvgIpc) is 2.10. The summed E-state index contributed by atoms with van der Waals surface area (Å²) in [6, 6.07) is 1.62. The second kappa shape index (κ2) is 8.61. The maximum absolute atomic E-state index is 10.5. The van der Waals surface area contributed by atoms with Crippen LogP contribution in [0.3, 0.4) is 0 Å². The van der Waals surface area contributed by atoms with Gasteiger partial charge in [0.2, 0.25) is 5.78 Å². The van der Waals surface area contributed by atoms with Gasteiger partial charge in [-0.25, -0.2) is 0 Å². The number of thioether (sulfide) groups is 1. The monoisotopic (exact) mass is 185 g/mol. The standard InChI is InChI=1S/C9H15NOS/c1-12-7-5-3-2-4-6-9(11)8-10/h2-7H2,1H3. The topological polar surface area (TPSA) is 40.9 Å². The van der Waals surface area contributed by atoms with Crippen molar-refractivity contribution in [2.24, 2.45) is 0 Å².